The van der Waals surface area contributed by atoms with Crippen molar-refractivity contribution >= 4 is 17.7 Å². The molecule has 0 aromatic carbocycles. The maximum Gasteiger partial charge on any atom is 0.240 e. The Morgan fingerprint density at radius 2 is 2.17 bits per heavy atom. The first kappa shape index (κ1) is 17.7. The number of hydrogen-bond donors (Lipinski definition) is 1. The summed E-state index contributed by atoms with van der Waals surface area (Å²) >= 11 is 1.80. The van der Waals surface area contributed by atoms with E-state index in [9.17, 15) is 4.79 Å². The predicted molar refractivity (Wildman–Crippen MR) is 98.8 cm³/mol. The van der Waals surface area contributed by atoms with Gasteiger partial charge in [-0.2, -0.15) is 0 Å². The van der Waals surface area contributed by atoms with Gasteiger partial charge in [-0.15, -0.1) is 11.8 Å². The number of pyridine rings is 1. The third-order valence-electron chi connectivity index (χ3n) is 4.77. The first-order valence-electron chi connectivity index (χ1n) is 8.92. The Hall–Kier alpha value is -1.11. The number of amides is 1. The largest absolute Gasteiger partial charge is 0.339 e. The summed E-state index contributed by atoms with van der Waals surface area (Å²) in [5.74, 6) is 1.84. The van der Waals surface area contributed by atoms with Crippen LogP contribution in [0.4, 0.5) is 0 Å². The molecule has 2 atom stereocenters. The summed E-state index contributed by atoms with van der Waals surface area (Å²) in [6.07, 6.45) is 4.90. The van der Waals surface area contributed by atoms with Crippen molar-refractivity contribution in [1.82, 2.24) is 20.1 Å². The lowest BCUT2D eigenvalue weighted by atomic mass is 10.1. The quantitative estimate of drug-likeness (QED) is 0.882. The van der Waals surface area contributed by atoms with Gasteiger partial charge in [0.2, 0.25) is 5.91 Å². The number of nitrogens with one attached hydrogen (secondary N) is 1. The van der Waals surface area contributed by atoms with E-state index in [1.807, 2.05) is 17.2 Å². The van der Waals surface area contributed by atoms with Crippen molar-refractivity contribution in [2.75, 3.05) is 38.5 Å². The van der Waals surface area contributed by atoms with E-state index in [1.54, 1.807) is 18.0 Å². The van der Waals surface area contributed by atoms with Gasteiger partial charge >= 0.3 is 0 Å². The summed E-state index contributed by atoms with van der Waals surface area (Å²) in [5.41, 5.74) is 1.15. The van der Waals surface area contributed by atoms with E-state index in [0.29, 0.717) is 0 Å². The highest BCUT2D eigenvalue weighted by Gasteiger charge is 2.34. The molecule has 2 fully saturated rings. The first-order chi connectivity index (χ1) is 11.6. The minimum absolute atomic E-state index is 0.0672. The fourth-order valence-electron chi connectivity index (χ4n) is 3.19. The number of nitrogens with zero attached hydrogens (tertiary/aromatic N) is 3. The molecule has 0 radical (unpaired) electrons. The van der Waals surface area contributed by atoms with E-state index in [4.69, 9.17) is 0 Å². The van der Waals surface area contributed by atoms with E-state index in [2.05, 4.69) is 35.1 Å². The Morgan fingerprint density at radius 3 is 2.83 bits per heavy atom. The molecule has 5 nitrogen and oxygen atoms in total. The molecule has 2 saturated heterocycles. The summed E-state index contributed by atoms with van der Waals surface area (Å²) in [6.45, 7) is 9.41. The van der Waals surface area contributed by atoms with Crippen LogP contribution in [0.25, 0.3) is 0 Å². The van der Waals surface area contributed by atoms with Gasteiger partial charge in [-0.1, -0.05) is 19.9 Å². The van der Waals surface area contributed by atoms with Crippen LogP contribution < -0.4 is 5.32 Å². The van der Waals surface area contributed by atoms with Gasteiger partial charge < -0.3 is 4.90 Å². The van der Waals surface area contributed by atoms with Crippen LogP contribution >= 0.6 is 11.8 Å². The summed E-state index contributed by atoms with van der Waals surface area (Å²) in [5, 5.41) is 3.65. The standard InChI is InChI=1S/C18H28N4OS/c1-14(2)5-7-21-8-10-22(11-9-21)18(23)16-13-24-17(20-16)15-4-3-6-19-12-15/h3-4,6,12,14,16-17,20H,5,7-11,13H2,1-2H3/t16-,17?/m0/s1. The van der Waals surface area contributed by atoms with Crippen LogP contribution in [-0.4, -0.2) is 65.2 Å². The highest BCUT2D eigenvalue weighted by atomic mass is 32.2. The van der Waals surface area contributed by atoms with Gasteiger partial charge in [0.25, 0.3) is 0 Å². The molecule has 1 aromatic rings. The second-order valence-electron chi connectivity index (χ2n) is 7.07. The van der Waals surface area contributed by atoms with Crippen LogP contribution in [0.2, 0.25) is 0 Å². The number of rotatable bonds is 5. The molecule has 2 aliphatic heterocycles. The van der Waals surface area contributed by atoms with Crippen LogP contribution in [0.3, 0.4) is 0 Å². The van der Waals surface area contributed by atoms with Crippen molar-refractivity contribution in [3.8, 4) is 0 Å². The van der Waals surface area contributed by atoms with E-state index in [-0.39, 0.29) is 17.3 Å². The van der Waals surface area contributed by atoms with Crippen LogP contribution in [0.15, 0.2) is 24.5 Å². The van der Waals surface area contributed by atoms with Gasteiger partial charge in [0.1, 0.15) is 0 Å². The number of piperazine rings is 1. The van der Waals surface area contributed by atoms with E-state index < -0.39 is 0 Å². The number of thioether (sulfide) groups is 1. The van der Waals surface area contributed by atoms with Crippen molar-refractivity contribution < 1.29 is 4.79 Å². The Kier molecular flexibility index (Phi) is 6.14. The average molecular weight is 349 g/mol. The lowest BCUT2D eigenvalue weighted by molar-refractivity contribution is -0.134. The monoisotopic (exact) mass is 348 g/mol. The van der Waals surface area contributed by atoms with Crippen LogP contribution in [0.5, 0.6) is 0 Å². The Labute approximate surface area is 149 Å². The topological polar surface area (TPSA) is 48.5 Å². The number of aromatic nitrogens is 1. The van der Waals surface area contributed by atoms with Crippen molar-refractivity contribution in [3.63, 3.8) is 0 Å². The smallest absolute Gasteiger partial charge is 0.240 e. The maximum absolute atomic E-state index is 12.8. The highest BCUT2D eigenvalue weighted by Crippen LogP contribution is 2.32. The highest BCUT2D eigenvalue weighted by molar-refractivity contribution is 7.99. The summed E-state index contributed by atoms with van der Waals surface area (Å²) in [6, 6.07) is 3.95. The molecule has 1 amide bonds. The van der Waals surface area contributed by atoms with Crippen LogP contribution in [0, 0.1) is 5.92 Å². The van der Waals surface area contributed by atoms with Crippen molar-refractivity contribution in [3.05, 3.63) is 30.1 Å². The molecule has 24 heavy (non-hydrogen) atoms. The summed E-state index contributed by atoms with van der Waals surface area (Å²) in [7, 11) is 0. The first-order valence-corrected chi connectivity index (χ1v) is 9.97. The molecule has 1 aromatic heterocycles. The van der Waals surface area contributed by atoms with Gasteiger partial charge in [-0.25, -0.2) is 0 Å². The third kappa shape index (κ3) is 4.49. The van der Waals surface area contributed by atoms with Gasteiger partial charge in [-0.05, 0) is 30.5 Å². The van der Waals surface area contributed by atoms with Crippen molar-refractivity contribution in [1.29, 1.82) is 0 Å². The third-order valence-corrected chi connectivity index (χ3v) is 6.04. The Balaban J connectivity index is 1.46. The van der Waals surface area contributed by atoms with Crippen molar-refractivity contribution in [2.24, 2.45) is 5.92 Å². The average Bonchev–Trinajstić information content (AvgIpc) is 3.10. The molecule has 3 rings (SSSR count). The molecule has 6 heteroatoms. The minimum atomic E-state index is -0.0672. The zero-order valence-electron chi connectivity index (χ0n) is 14.6. The molecule has 132 valence electrons. The number of carbonyl (C=O) groups excluding carboxylic acids is 1. The second-order valence-corrected chi connectivity index (χ2v) is 8.21. The normalized spacial score (nSPS) is 25.4. The Morgan fingerprint density at radius 1 is 1.38 bits per heavy atom. The molecule has 2 aliphatic rings. The fraction of sp³-hybridized carbons (Fsp3) is 0.667. The van der Waals surface area contributed by atoms with Crippen molar-refractivity contribution in [2.45, 2.75) is 31.7 Å². The molecular formula is C18H28N4OS. The predicted octanol–water partition coefficient (Wildman–Crippen LogP) is 1.98. The SMILES string of the molecule is CC(C)CCN1CCN(C(=O)[C@@H]2CSC(c3cccnc3)N2)CC1. The molecular weight excluding hydrogens is 320 g/mol. The van der Waals surface area contributed by atoms with Gasteiger partial charge in [0, 0.05) is 44.3 Å². The van der Waals surface area contributed by atoms with E-state index in [1.165, 1.54) is 6.42 Å². The zero-order valence-corrected chi connectivity index (χ0v) is 15.5. The molecule has 0 saturated carbocycles. The van der Waals surface area contributed by atoms with E-state index >= 15 is 0 Å². The van der Waals surface area contributed by atoms with E-state index in [0.717, 1.165) is 50.0 Å². The molecule has 0 spiro atoms. The number of hydrogen-bond acceptors (Lipinski definition) is 5. The lowest BCUT2D eigenvalue weighted by Crippen LogP contribution is -2.53. The maximum atomic E-state index is 12.8. The fourth-order valence-corrected chi connectivity index (χ4v) is 4.41. The molecule has 1 N–H and O–H groups in total. The van der Waals surface area contributed by atoms with Crippen LogP contribution in [0.1, 0.15) is 31.2 Å². The van der Waals surface area contributed by atoms with Crippen LogP contribution in [-0.2, 0) is 4.79 Å². The second kappa shape index (κ2) is 8.32. The molecule has 0 bridgehead atoms. The summed E-state index contributed by atoms with van der Waals surface area (Å²) < 4.78 is 0. The molecule has 3 heterocycles. The van der Waals surface area contributed by atoms with Gasteiger partial charge in [-0.3, -0.25) is 20.0 Å². The van der Waals surface area contributed by atoms with Gasteiger partial charge in [0.15, 0.2) is 0 Å². The minimum Gasteiger partial charge on any atom is -0.339 e. The molecule has 1 unspecified atom stereocenters. The summed E-state index contributed by atoms with van der Waals surface area (Å²) in [4.78, 5) is 21.5. The zero-order chi connectivity index (χ0) is 16.9. The van der Waals surface area contributed by atoms with Gasteiger partial charge in [0.05, 0.1) is 11.4 Å². The lowest BCUT2D eigenvalue weighted by Gasteiger charge is -2.36. The Bertz CT molecular complexity index is 531. The molecule has 0 aliphatic carbocycles. The number of carbonyl (C=O) groups is 1.